The van der Waals surface area contributed by atoms with Gasteiger partial charge in [-0.1, -0.05) is 6.07 Å². The third-order valence-electron chi connectivity index (χ3n) is 1.71. The smallest absolute Gasteiger partial charge is 0.0396 e. The minimum absolute atomic E-state index is 1.07. The molecule has 60 valence electrons. The molecular formula is C9H5Br2N. The van der Waals surface area contributed by atoms with E-state index in [0.29, 0.717) is 0 Å². The molecule has 0 aliphatic carbocycles. The zero-order valence-electron chi connectivity index (χ0n) is 6.09. The summed E-state index contributed by atoms with van der Waals surface area (Å²) >= 11 is 6.96. The van der Waals surface area contributed by atoms with Crippen molar-refractivity contribution < 1.29 is 0 Å². The van der Waals surface area contributed by atoms with Crippen LogP contribution in [0.4, 0.5) is 0 Å². The molecule has 0 amide bonds. The Kier molecular flexibility index (Phi) is 2.15. The highest BCUT2D eigenvalue weighted by molar-refractivity contribution is 9.13. The van der Waals surface area contributed by atoms with E-state index in [2.05, 4.69) is 36.8 Å². The van der Waals surface area contributed by atoms with Crippen LogP contribution in [0.25, 0.3) is 10.8 Å². The molecule has 0 radical (unpaired) electrons. The van der Waals surface area contributed by atoms with Gasteiger partial charge in [0.25, 0.3) is 0 Å². The van der Waals surface area contributed by atoms with Gasteiger partial charge in [-0.25, -0.2) is 0 Å². The standard InChI is InChI=1S/C9H5Br2N/c10-8-2-1-6-5-12-4-3-7(6)9(8)11/h1-5H. The van der Waals surface area contributed by atoms with Crippen LogP contribution in [0.2, 0.25) is 0 Å². The van der Waals surface area contributed by atoms with E-state index in [1.165, 1.54) is 5.39 Å². The van der Waals surface area contributed by atoms with E-state index >= 15 is 0 Å². The Bertz CT molecular complexity index is 426. The van der Waals surface area contributed by atoms with Crippen LogP contribution < -0.4 is 0 Å². The number of halogens is 2. The van der Waals surface area contributed by atoms with Crippen LogP contribution in [0, 0.1) is 0 Å². The summed E-state index contributed by atoms with van der Waals surface area (Å²) in [4.78, 5) is 4.05. The zero-order chi connectivity index (χ0) is 8.55. The molecule has 1 aromatic carbocycles. The second kappa shape index (κ2) is 3.15. The number of aromatic nitrogens is 1. The number of pyridine rings is 1. The molecule has 0 atom stereocenters. The number of benzene rings is 1. The van der Waals surface area contributed by atoms with E-state index in [-0.39, 0.29) is 0 Å². The lowest BCUT2D eigenvalue weighted by Gasteiger charge is -2.00. The molecule has 0 saturated carbocycles. The lowest BCUT2D eigenvalue weighted by atomic mass is 10.2. The molecule has 3 heteroatoms. The Balaban J connectivity index is 2.91. The maximum Gasteiger partial charge on any atom is 0.0396 e. The first-order valence-corrected chi connectivity index (χ1v) is 5.05. The van der Waals surface area contributed by atoms with Gasteiger partial charge in [0.1, 0.15) is 0 Å². The van der Waals surface area contributed by atoms with Crippen LogP contribution in [-0.2, 0) is 0 Å². The van der Waals surface area contributed by atoms with E-state index in [9.17, 15) is 0 Å². The summed E-state index contributed by atoms with van der Waals surface area (Å²) in [7, 11) is 0. The maximum absolute atomic E-state index is 4.05. The fourth-order valence-electron chi connectivity index (χ4n) is 1.10. The van der Waals surface area contributed by atoms with Crippen molar-refractivity contribution in [2.24, 2.45) is 0 Å². The molecule has 1 heterocycles. The molecule has 2 aromatic rings. The third kappa shape index (κ3) is 1.27. The molecule has 0 N–H and O–H groups in total. The van der Waals surface area contributed by atoms with Gasteiger partial charge >= 0.3 is 0 Å². The molecule has 1 nitrogen and oxygen atoms in total. The summed E-state index contributed by atoms with van der Waals surface area (Å²) in [6, 6.07) is 6.04. The Morgan fingerprint density at radius 1 is 1.08 bits per heavy atom. The SMILES string of the molecule is Brc1ccc2cnccc2c1Br. The fraction of sp³-hybridized carbons (Fsp3) is 0. The number of nitrogens with zero attached hydrogens (tertiary/aromatic N) is 1. The van der Waals surface area contributed by atoms with Crippen LogP contribution >= 0.6 is 31.9 Å². The Morgan fingerprint density at radius 3 is 2.75 bits per heavy atom. The van der Waals surface area contributed by atoms with Crippen LogP contribution in [0.5, 0.6) is 0 Å². The quantitative estimate of drug-likeness (QED) is 0.719. The molecule has 0 saturated heterocycles. The average molecular weight is 287 g/mol. The molecule has 0 unspecified atom stereocenters. The van der Waals surface area contributed by atoms with Gasteiger partial charge in [-0.2, -0.15) is 0 Å². The normalized spacial score (nSPS) is 10.5. The van der Waals surface area contributed by atoms with E-state index in [4.69, 9.17) is 0 Å². The number of hydrogen-bond donors (Lipinski definition) is 0. The van der Waals surface area contributed by atoms with Crippen LogP contribution in [-0.4, -0.2) is 4.98 Å². The van der Waals surface area contributed by atoms with Gasteiger partial charge in [0.2, 0.25) is 0 Å². The van der Waals surface area contributed by atoms with Crippen molar-refractivity contribution in [3.05, 3.63) is 39.5 Å². The molecule has 2 rings (SSSR count). The summed E-state index contributed by atoms with van der Waals surface area (Å²) in [5.41, 5.74) is 0. The zero-order valence-corrected chi connectivity index (χ0v) is 9.26. The van der Waals surface area contributed by atoms with Crippen LogP contribution in [0.15, 0.2) is 39.5 Å². The van der Waals surface area contributed by atoms with Crippen molar-refractivity contribution in [3.63, 3.8) is 0 Å². The minimum Gasteiger partial charge on any atom is -0.264 e. The molecule has 12 heavy (non-hydrogen) atoms. The van der Waals surface area contributed by atoms with Crippen LogP contribution in [0.1, 0.15) is 0 Å². The van der Waals surface area contributed by atoms with Gasteiger partial charge in [-0.3, -0.25) is 4.98 Å². The molecule has 1 aromatic heterocycles. The van der Waals surface area contributed by atoms with E-state index in [1.54, 1.807) is 6.20 Å². The molecule has 0 aliphatic rings. The summed E-state index contributed by atoms with van der Waals surface area (Å²) in [6.07, 6.45) is 3.64. The third-order valence-corrected chi connectivity index (χ3v) is 3.75. The minimum atomic E-state index is 1.07. The highest BCUT2D eigenvalue weighted by Crippen LogP contribution is 2.30. The van der Waals surface area contributed by atoms with Gasteiger partial charge in [0.15, 0.2) is 0 Å². The van der Waals surface area contributed by atoms with Gasteiger partial charge in [0.05, 0.1) is 0 Å². The van der Waals surface area contributed by atoms with Gasteiger partial charge in [0, 0.05) is 32.1 Å². The largest absolute Gasteiger partial charge is 0.264 e. The number of fused-ring (bicyclic) bond motifs is 1. The van der Waals surface area contributed by atoms with Crippen LogP contribution in [0.3, 0.4) is 0 Å². The fourth-order valence-corrected chi connectivity index (χ4v) is 1.94. The Labute approximate surface area is 87.1 Å². The molecule has 0 bridgehead atoms. The Morgan fingerprint density at radius 2 is 1.92 bits per heavy atom. The molecular weight excluding hydrogens is 282 g/mol. The van der Waals surface area contributed by atoms with Crippen molar-refractivity contribution in [3.8, 4) is 0 Å². The van der Waals surface area contributed by atoms with E-state index in [0.717, 1.165) is 14.3 Å². The lowest BCUT2D eigenvalue weighted by Crippen LogP contribution is -1.77. The average Bonchev–Trinajstić information content (AvgIpc) is 2.12. The van der Waals surface area contributed by atoms with Gasteiger partial charge in [-0.15, -0.1) is 0 Å². The second-order valence-electron chi connectivity index (χ2n) is 2.46. The predicted octanol–water partition coefficient (Wildman–Crippen LogP) is 3.76. The highest BCUT2D eigenvalue weighted by atomic mass is 79.9. The second-order valence-corrected chi connectivity index (χ2v) is 4.11. The maximum atomic E-state index is 4.05. The van der Waals surface area contributed by atoms with Crippen molar-refractivity contribution >= 4 is 42.6 Å². The summed E-state index contributed by atoms with van der Waals surface area (Å²) in [6.45, 7) is 0. The number of hydrogen-bond acceptors (Lipinski definition) is 1. The topological polar surface area (TPSA) is 12.9 Å². The Hall–Kier alpha value is -0.410. The van der Waals surface area contributed by atoms with Gasteiger partial charge < -0.3 is 0 Å². The van der Waals surface area contributed by atoms with E-state index in [1.807, 2.05) is 24.4 Å². The molecule has 0 fully saturated rings. The summed E-state index contributed by atoms with van der Waals surface area (Å²) < 4.78 is 2.16. The molecule has 0 aliphatic heterocycles. The van der Waals surface area contributed by atoms with Crippen molar-refractivity contribution in [2.45, 2.75) is 0 Å². The monoisotopic (exact) mass is 285 g/mol. The van der Waals surface area contributed by atoms with Crippen molar-refractivity contribution in [2.75, 3.05) is 0 Å². The van der Waals surface area contributed by atoms with Crippen molar-refractivity contribution in [1.82, 2.24) is 4.98 Å². The first kappa shape index (κ1) is 8.20. The van der Waals surface area contributed by atoms with Crippen molar-refractivity contribution in [1.29, 1.82) is 0 Å². The first-order chi connectivity index (χ1) is 5.79. The predicted molar refractivity (Wildman–Crippen MR) is 57.1 cm³/mol. The highest BCUT2D eigenvalue weighted by Gasteiger charge is 2.00. The molecule has 0 spiro atoms. The van der Waals surface area contributed by atoms with Gasteiger partial charge in [-0.05, 0) is 44.0 Å². The lowest BCUT2D eigenvalue weighted by molar-refractivity contribution is 1.36. The van der Waals surface area contributed by atoms with E-state index < -0.39 is 0 Å². The summed E-state index contributed by atoms with van der Waals surface area (Å²) in [5, 5.41) is 2.33. The first-order valence-electron chi connectivity index (χ1n) is 3.47. The summed E-state index contributed by atoms with van der Waals surface area (Å²) in [5.74, 6) is 0. The number of rotatable bonds is 0.